The van der Waals surface area contributed by atoms with E-state index in [0.29, 0.717) is 5.82 Å². The van der Waals surface area contributed by atoms with Gasteiger partial charge in [-0.15, -0.1) is 0 Å². The zero-order valence-corrected chi connectivity index (χ0v) is 15.9. The summed E-state index contributed by atoms with van der Waals surface area (Å²) in [6.45, 7) is 10.7. The largest absolute Gasteiger partial charge is 0.451 e. The molecule has 0 saturated carbocycles. The number of nitrogens with zero attached hydrogens (tertiary/aromatic N) is 4. The topological polar surface area (TPSA) is 93.9 Å². The van der Waals surface area contributed by atoms with Crippen molar-refractivity contribution in [3.05, 3.63) is 40.3 Å². The fourth-order valence-corrected chi connectivity index (χ4v) is 2.60. The Bertz CT molecular complexity index is 853. The quantitative estimate of drug-likeness (QED) is 0.427. The normalized spacial score (nSPS) is 11.7. The van der Waals surface area contributed by atoms with Gasteiger partial charge in [-0.25, -0.2) is 4.79 Å². The molecule has 26 heavy (non-hydrogen) atoms. The number of aryl methyl sites for hydroxylation is 1. The Balaban J connectivity index is 2.12. The number of ether oxygens (including phenoxy) is 1. The summed E-state index contributed by atoms with van der Waals surface area (Å²) in [5.41, 5.74) is 2.88. The summed E-state index contributed by atoms with van der Waals surface area (Å²) in [6, 6.07) is 3.87. The zero-order chi connectivity index (χ0) is 19.3. The molecule has 2 rings (SSSR count). The fourth-order valence-electron chi connectivity index (χ4n) is 2.60. The highest BCUT2D eigenvalue weighted by atomic mass is 16.6. The molecule has 7 nitrogen and oxygen atoms in total. The lowest BCUT2D eigenvalue weighted by Crippen LogP contribution is -2.07. The number of hydrogen-bond donors (Lipinski definition) is 0. The highest BCUT2D eigenvalue weighted by molar-refractivity contribution is 5.98. The lowest BCUT2D eigenvalue weighted by atomic mass is 10.1. The monoisotopic (exact) mass is 356 g/mol. The zero-order valence-electron chi connectivity index (χ0n) is 15.9. The molecule has 0 unspecified atom stereocenters. The van der Waals surface area contributed by atoms with Gasteiger partial charge in [-0.3, -0.25) is 0 Å². The Kier molecular flexibility index (Phi) is 6.34. The Hall–Kier alpha value is -2.88. The van der Waals surface area contributed by atoms with Crippen molar-refractivity contribution in [3.8, 4) is 6.07 Å². The van der Waals surface area contributed by atoms with E-state index in [0.717, 1.165) is 29.9 Å². The van der Waals surface area contributed by atoms with Crippen molar-refractivity contribution in [1.82, 2.24) is 14.7 Å². The SMILES string of the molecule is CCCn1c(C)cc(/C=C(\C#N)C(=O)OCc2nc(C(C)C)no2)c1C. The van der Waals surface area contributed by atoms with Crippen LogP contribution in [0.3, 0.4) is 0 Å². The maximum Gasteiger partial charge on any atom is 0.349 e. The predicted molar refractivity (Wildman–Crippen MR) is 96.0 cm³/mol. The first-order valence-corrected chi connectivity index (χ1v) is 8.65. The van der Waals surface area contributed by atoms with Gasteiger partial charge in [0.25, 0.3) is 5.89 Å². The van der Waals surface area contributed by atoms with Crippen LogP contribution < -0.4 is 0 Å². The minimum absolute atomic E-state index is 0.0645. The molecular weight excluding hydrogens is 332 g/mol. The van der Waals surface area contributed by atoms with E-state index in [9.17, 15) is 10.1 Å². The molecule has 0 N–H and O–H groups in total. The third-order valence-electron chi connectivity index (χ3n) is 4.03. The van der Waals surface area contributed by atoms with Gasteiger partial charge < -0.3 is 13.8 Å². The molecular formula is C19H24N4O3. The van der Waals surface area contributed by atoms with Crippen LogP contribution in [0, 0.1) is 25.2 Å². The molecule has 2 heterocycles. The highest BCUT2D eigenvalue weighted by Crippen LogP contribution is 2.19. The van der Waals surface area contributed by atoms with Crippen LogP contribution >= 0.6 is 0 Å². The molecule has 0 aliphatic carbocycles. The molecule has 2 aromatic rings. The number of rotatable bonds is 7. The maximum atomic E-state index is 12.2. The smallest absolute Gasteiger partial charge is 0.349 e. The van der Waals surface area contributed by atoms with Gasteiger partial charge in [-0.05, 0) is 38.0 Å². The van der Waals surface area contributed by atoms with Gasteiger partial charge in [0.2, 0.25) is 0 Å². The molecule has 7 heteroatoms. The molecule has 0 aromatic carbocycles. The standard InChI is InChI=1S/C19H24N4O3/c1-6-7-23-13(4)8-15(14(23)5)9-16(10-20)19(24)25-11-17-21-18(12(2)3)22-26-17/h8-9,12H,6-7,11H2,1-5H3/b16-9+. The number of carbonyl (C=O) groups excluding carboxylic acids is 1. The predicted octanol–water partition coefficient (Wildman–Crippen LogP) is 3.67. The second kappa shape index (κ2) is 8.48. The van der Waals surface area contributed by atoms with E-state index in [1.165, 1.54) is 0 Å². The first kappa shape index (κ1) is 19.4. The molecule has 0 radical (unpaired) electrons. The van der Waals surface area contributed by atoms with Crippen molar-refractivity contribution < 1.29 is 14.1 Å². The second-order valence-electron chi connectivity index (χ2n) is 6.43. The molecule has 0 spiro atoms. The lowest BCUT2D eigenvalue weighted by Gasteiger charge is -2.07. The summed E-state index contributed by atoms with van der Waals surface area (Å²) in [6.07, 6.45) is 2.57. The summed E-state index contributed by atoms with van der Waals surface area (Å²) in [4.78, 5) is 16.4. The molecule has 0 saturated heterocycles. The van der Waals surface area contributed by atoms with Crippen LogP contribution in [-0.2, 0) is 22.7 Å². The van der Waals surface area contributed by atoms with Crippen LogP contribution in [0.5, 0.6) is 0 Å². The van der Waals surface area contributed by atoms with Gasteiger partial charge in [-0.1, -0.05) is 25.9 Å². The van der Waals surface area contributed by atoms with Gasteiger partial charge in [0.15, 0.2) is 12.4 Å². The van der Waals surface area contributed by atoms with E-state index < -0.39 is 5.97 Å². The van der Waals surface area contributed by atoms with Gasteiger partial charge >= 0.3 is 5.97 Å². The van der Waals surface area contributed by atoms with Crippen LogP contribution in [0.15, 0.2) is 16.2 Å². The molecule has 0 amide bonds. The molecule has 138 valence electrons. The lowest BCUT2D eigenvalue weighted by molar-refractivity contribution is -0.140. The molecule has 0 bridgehead atoms. The van der Waals surface area contributed by atoms with E-state index in [4.69, 9.17) is 9.26 Å². The highest BCUT2D eigenvalue weighted by Gasteiger charge is 2.16. The minimum Gasteiger partial charge on any atom is -0.451 e. The average Bonchev–Trinajstić information content (AvgIpc) is 3.18. The molecule has 0 atom stereocenters. The summed E-state index contributed by atoms with van der Waals surface area (Å²) in [5.74, 6) is 0.171. The Morgan fingerprint density at radius 3 is 2.77 bits per heavy atom. The third kappa shape index (κ3) is 4.39. The third-order valence-corrected chi connectivity index (χ3v) is 4.03. The summed E-state index contributed by atoms with van der Waals surface area (Å²) in [7, 11) is 0. The number of carbonyl (C=O) groups is 1. The fraction of sp³-hybridized carbons (Fsp3) is 0.474. The van der Waals surface area contributed by atoms with Gasteiger partial charge in [0.1, 0.15) is 11.6 Å². The molecule has 0 fully saturated rings. The Morgan fingerprint density at radius 1 is 1.46 bits per heavy atom. The number of aromatic nitrogens is 3. The first-order valence-electron chi connectivity index (χ1n) is 8.65. The van der Waals surface area contributed by atoms with Crippen molar-refractivity contribution >= 4 is 12.0 Å². The van der Waals surface area contributed by atoms with E-state index in [-0.39, 0.29) is 24.0 Å². The van der Waals surface area contributed by atoms with Crippen molar-refractivity contribution in [2.24, 2.45) is 0 Å². The van der Waals surface area contributed by atoms with Gasteiger partial charge in [-0.2, -0.15) is 10.2 Å². The van der Waals surface area contributed by atoms with Crippen LogP contribution in [0.1, 0.15) is 61.8 Å². The Labute approximate surface area is 153 Å². The summed E-state index contributed by atoms with van der Waals surface area (Å²) in [5, 5.41) is 13.1. The Morgan fingerprint density at radius 2 is 2.19 bits per heavy atom. The molecule has 2 aromatic heterocycles. The molecule has 0 aliphatic rings. The van der Waals surface area contributed by atoms with Crippen molar-refractivity contribution in [1.29, 1.82) is 5.26 Å². The maximum absolute atomic E-state index is 12.2. The first-order chi connectivity index (χ1) is 12.4. The van der Waals surface area contributed by atoms with E-state index in [1.54, 1.807) is 6.08 Å². The van der Waals surface area contributed by atoms with Crippen molar-refractivity contribution in [2.75, 3.05) is 0 Å². The van der Waals surface area contributed by atoms with Crippen LogP contribution in [0.4, 0.5) is 0 Å². The number of nitriles is 1. The van der Waals surface area contributed by atoms with Crippen LogP contribution in [0.2, 0.25) is 0 Å². The molecule has 0 aliphatic heterocycles. The van der Waals surface area contributed by atoms with Gasteiger partial charge in [0, 0.05) is 23.9 Å². The van der Waals surface area contributed by atoms with Crippen molar-refractivity contribution in [2.45, 2.75) is 60.1 Å². The second-order valence-corrected chi connectivity index (χ2v) is 6.43. The minimum atomic E-state index is -0.711. The summed E-state index contributed by atoms with van der Waals surface area (Å²) >= 11 is 0. The van der Waals surface area contributed by atoms with E-state index in [1.807, 2.05) is 39.8 Å². The number of esters is 1. The van der Waals surface area contributed by atoms with E-state index >= 15 is 0 Å². The number of hydrogen-bond acceptors (Lipinski definition) is 6. The summed E-state index contributed by atoms with van der Waals surface area (Å²) < 4.78 is 12.3. The van der Waals surface area contributed by atoms with Crippen molar-refractivity contribution in [3.63, 3.8) is 0 Å². The van der Waals surface area contributed by atoms with E-state index in [2.05, 4.69) is 21.6 Å². The average molecular weight is 356 g/mol. The van der Waals surface area contributed by atoms with Gasteiger partial charge in [0.05, 0.1) is 0 Å². The van der Waals surface area contributed by atoms with Crippen LogP contribution in [0.25, 0.3) is 6.08 Å². The van der Waals surface area contributed by atoms with Crippen LogP contribution in [-0.4, -0.2) is 20.7 Å².